The van der Waals surface area contributed by atoms with Crippen molar-refractivity contribution in [1.29, 1.82) is 0 Å². The predicted octanol–water partition coefficient (Wildman–Crippen LogP) is 3.86. The van der Waals surface area contributed by atoms with Crippen LogP contribution in [0.2, 0.25) is 0 Å². The molecule has 9 nitrogen and oxygen atoms in total. The molecule has 0 radical (unpaired) electrons. The molecule has 0 aliphatic rings. The smallest absolute Gasteiger partial charge is 0.247 e. The minimum Gasteiger partial charge on any atom is -0.494 e. The van der Waals surface area contributed by atoms with E-state index in [-0.39, 0.29) is 17.7 Å². The first-order valence-corrected chi connectivity index (χ1v) is 11.0. The second-order valence-electron chi connectivity index (χ2n) is 8.21. The lowest BCUT2D eigenvalue weighted by molar-refractivity contribution is -0.111. The van der Waals surface area contributed by atoms with Crippen molar-refractivity contribution >= 4 is 28.9 Å². The van der Waals surface area contributed by atoms with E-state index in [9.17, 15) is 9.18 Å². The number of amides is 1. The summed E-state index contributed by atoms with van der Waals surface area (Å²) in [6, 6.07) is 8.26. The number of carbonyl (C=O) groups is 1. The highest BCUT2D eigenvalue weighted by Gasteiger charge is 2.17. The van der Waals surface area contributed by atoms with Crippen molar-refractivity contribution in [1.82, 2.24) is 19.9 Å². The molecule has 10 heteroatoms. The van der Waals surface area contributed by atoms with Gasteiger partial charge in [-0.2, -0.15) is 4.98 Å². The Kier molecular flexibility index (Phi) is 8.32. The number of methoxy groups -OCH3 is 1. The first-order valence-electron chi connectivity index (χ1n) is 11.0. The number of nitrogens with one attached hydrogen (secondary N) is 2. The van der Waals surface area contributed by atoms with Crippen LogP contribution in [0, 0.1) is 12.7 Å². The lowest BCUT2D eigenvalue weighted by atomic mass is 10.1. The van der Waals surface area contributed by atoms with Gasteiger partial charge < -0.3 is 25.2 Å². The number of halogens is 1. The number of aryl methyl sites for hydroxylation is 1. The maximum absolute atomic E-state index is 13.7. The van der Waals surface area contributed by atoms with Gasteiger partial charge in [0.15, 0.2) is 5.82 Å². The molecule has 0 unspecified atom stereocenters. The van der Waals surface area contributed by atoms with E-state index in [1.807, 2.05) is 32.1 Å². The predicted molar refractivity (Wildman–Crippen MR) is 137 cm³/mol. The molecule has 35 heavy (non-hydrogen) atoms. The number of nitrogens with zero attached hydrogens (tertiary/aromatic N) is 5. The molecule has 3 rings (SSSR count). The van der Waals surface area contributed by atoms with Crippen LogP contribution in [-0.2, 0) is 4.79 Å². The molecule has 0 aliphatic heterocycles. The Hall–Kier alpha value is -4.05. The van der Waals surface area contributed by atoms with Gasteiger partial charge in [-0.3, -0.25) is 4.79 Å². The monoisotopic (exact) mass is 479 g/mol. The van der Waals surface area contributed by atoms with Gasteiger partial charge in [-0.25, -0.2) is 14.4 Å². The summed E-state index contributed by atoms with van der Waals surface area (Å²) in [5, 5.41) is 6.00. The summed E-state index contributed by atoms with van der Waals surface area (Å²) in [4.78, 5) is 29.1. The molecule has 0 saturated heterocycles. The van der Waals surface area contributed by atoms with Crippen LogP contribution < -0.4 is 20.3 Å². The van der Waals surface area contributed by atoms with Crippen LogP contribution in [0.4, 0.5) is 27.4 Å². The maximum Gasteiger partial charge on any atom is 0.247 e. The second-order valence-corrected chi connectivity index (χ2v) is 8.21. The summed E-state index contributed by atoms with van der Waals surface area (Å²) in [6.07, 6.45) is 2.59. The van der Waals surface area contributed by atoms with E-state index in [0.29, 0.717) is 34.1 Å². The molecular weight excluding hydrogens is 449 g/mol. The minimum atomic E-state index is -0.336. The van der Waals surface area contributed by atoms with Crippen molar-refractivity contribution in [3.05, 3.63) is 60.7 Å². The quantitative estimate of drug-likeness (QED) is 0.423. The second kappa shape index (κ2) is 11.4. The number of hydrogen-bond acceptors (Lipinski definition) is 8. The molecule has 1 heterocycles. The third-order valence-corrected chi connectivity index (χ3v) is 5.29. The molecule has 0 spiro atoms. The summed E-state index contributed by atoms with van der Waals surface area (Å²) in [5.74, 6) is 0.566. The van der Waals surface area contributed by atoms with E-state index in [4.69, 9.17) is 4.74 Å². The highest BCUT2D eigenvalue weighted by molar-refractivity contribution is 6.02. The highest BCUT2D eigenvalue weighted by Crippen LogP contribution is 2.38. The molecule has 0 saturated carbocycles. The number of rotatable bonds is 10. The zero-order chi connectivity index (χ0) is 25.5. The Morgan fingerprint density at radius 3 is 2.57 bits per heavy atom. The van der Waals surface area contributed by atoms with E-state index >= 15 is 0 Å². The molecule has 184 valence electrons. The van der Waals surface area contributed by atoms with Gasteiger partial charge in [-0.15, -0.1) is 0 Å². The van der Waals surface area contributed by atoms with E-state index in [0.717, 1.165) is 18.8 Å². The fourth-order valence-corrected chi connectivity index (χ4v) is 3.31. The largest absolute Gasteiger partial charge is 0.494 e. The topological polar surface area (TPSA) is 95.5 Å². The average Bonchev–Trinajstić information content (AvgIpc) is 2.84. The third-order valence-electron chi connectivity index (χ3n) is 5.29. The number of likely N-dealkylation sites (N-methyl/N-ethyl adjacent to an activating group) is 2. The van der Waals surface area contributed by atoms with Crippen molar-refractivity contribution in [2.45, 2.75) is 6.92 Å². The number of hydrogen-bond donors (Lipinski definition) is 2. The molecule has 1 aromatic heterocycles. The molecule has 0 atom stereocenters. The minimum absolute atomic E-state index is 0.269. The summed E-state index contributed by atoms with van der Waals surface area (Å²) in [6.45, 7) is 6.78. The van der Waals surface area contributed by atoms with Gasteiger partial charge in [-0.05, 0) is 56.9 Å². The van der Waals surface area contributed by atoms with Gasteiger partial charge in [0.1, 0.15) is 17.9 Å². The molecule has 0 aliphatic carbocycles. The molecule has 2 aromatic carbocycles. The Labute approximate surface area is 204 Å². The van der Waals surface area contributed by atoms with Gasteiger partial charge >= 0.3 is 0 Å². The Morgan fingerprint density at radius 1 is 1.14 bits per heavy atom. The summed E-state index contributed by atoms with van der Waals surface area (Å²) in [5.41, 5.74) is 3.06. The number of anilines is 4. The van der Waals surface area contributed by atoms with Crippen molar-refractivity contribution in [2.24, 2.45) is 0 Å². The summed E-state index contributed by atoms with van der Waals surface area (Å²) < 4.78 is 19.3. The molecule has 3 aromatic rings. The van der Waals surface area contributed by atoms with Crippen molar-refractivity contribution in [3.8, 4) is 17.1 Å². The van der Waals surface area contributed by atoms with E-state index < -0.39 is 0 Å². The van der Waals surface area contributed by atoms with Crippen LogP contribution in [0.25, 0.3) is 11.4 Å². The van der Waals surface area contributed by atoms with E-state index in [1.165, 1.54) is 18.5 Å². The van der Waals surface area contributed by atoms with E-state index in [1.54, 1.807) is 32.2 Å². The van der Waals surface area contributed by atoms with Crippen LogP contribution in [0.5, 0.6) is 5.75 Å². The number of aromatic nitrogens is 3. The fourth-order valence-electron chi connectivity index (χ4n) is 3.31. The molecule has 0 fully saturated rings. The lowest BCUT2D eigenvalue weighted by Gasteiger charge is -2.26. The van der Waals surface area contributed by atoms with Crippen LogP contribution in [-0.4, -0.2) is 67.1 Å². The SMILES string of the molecule is C=CC(=O)Nc1cc(Nc2ncnc(-c3ccc(F)c(C)c3)n2)c(OC)cc1N(C)CCN(C)C. The van der Waals surface area contributed by atoms with Crippen LogP contribution >= 0.6 is 0 Å². The number of ether oxygens (including phenoxy) is 1. The number of benzene rings is 2. The molecule has 1 amide bonds. The fraction of sp³-hybridized carbons (Fsp3) is 0.280. The highest BCUT2D eigenvalue weighted by atomic mass is 19.1. The first kappa shape index (κ1) is 25.6. The van der Waals surface area contributed by atoms with Gasteiger partial charge in [0.05, 0.1) is 24.2 Å². The third kappa shape index (κ3) is 6.51. The summed E-state index contributed by atoms with van der Waals surface area (Å²) in [7, 11) is 7.50. The van der Waals surface area contributed by atoms with Crippen molar-refractivity contribution in [2.75, 3.05) is 56.9 Å². The Morgan fingerprint density at radius 2 is 1.91 bits per heavy atom. The first-order chi connectivity index (χ1) is 16.7. The van der Waals surface area contributed by atoms with Crippen LogP contribution in [0.15, 0.2) is 49.3 Å². The van der Waals surface area contributed by atoms with Gasteiger partial charge in [0.2, 0.25) is 11.9 Å². The van der Waals surface area contributed by atoms with E-state index in [2.05, 4.69) is 37.1 Å². The van der Waals surface area contributed by atoms with Crippen LogP contribution in [0.3, 0.4) is 0 Å². The zero-order valence-electron chi connectivity index (χ0n) is 20.6. The van der Waals surface area contributed by atoms with Gasteiger partial charge in [-0.1, -0.05) is 6.58 Å². The van der Waals surface area contributed by atoms with Gasteiger partial charge in [0.25, 0.3) is 0 Å². The molecule has 2 N–H and O–H groups in total. The summed E-state index contributed by atoms with van der Waals surface area (Å²) >= 11 is 0. The molecular formula is C25H30FN7O2. The normalized spacial score (nSPS) is 10.7. The van der Waals surface area contributed by atoms with Crippen molar-refractivity contribution in [3.63, 3.8) is 0 Å². The zero-order valence-corrected chi connectivity index (χ0v) is 20.6. The average molecular weight is 480 g/mol. The Balaban J connectivity index is 1.98. The van der Waals surface area contributed by atoms with Crippen molar-refractivity contribution < 1.29 is 13.9 Å². The molecule has 0 bridgehead atoms. The Bertz CT molecular complexity index is 1220. The van der Waals surface area contributed by atoms with Gasteiger partial charge in [0, 0.05) is 31.8 Å². The van der Waals surface area contributed by atoms with Crippen LogP contribution in [0.1, 0.15) is 5.56 Å². The maximum atomic E-state index is 13.7. The lowest BCUT2D eigenvalue weighted by Crippen LogP contribution is -2.29. The number of carbonyl (C=O) groups excluding carboxylic acids is 1. The standard InChI is InChI=1S/C25H30FN7O2/c1-7-23(34)29-19-13-20(22(35-6)14-21(19)33(5)11-10-32(3)4)30-25-28-15-27-24(31-25)17-8-9-18(26)16(2)12-17/h7-9,12-15H,1,10-11H2,2-6H3,(H,29,34)(H,27,28,30,31).